The molecule has 13 nitrogen and oxygen atoms in total. The summed E-state index contributed by atoms with van der Waals surface area (Å²) in [6.45, 7) is 2.93. The van der Waals surface area contributed by atoms with E-state index in [2.05, 4.69) is 31.0 Å². The number of halogens is 5. The molecule has 1 aromatic carbocycles. The number of carboxylic acid groups (broad SMARTS) is 1. The number of anilines is 2. The Morgan fingerprint density at radius 2 is 1.85 bits per heavy atom. The second kappa shape index (κ2) is 15.7. The monoisotopic (exact) mass is 653 g/mol. The smallest absolute Gasteiger partial charge is 0.435 e. The molecule has 0 aliphatic heterocycles. The van der Waals surface area contributed by atoms with Crippen molar-refractivity contribution in [3.63, 3.8) is 0 Å². The normalized spacial score (nSPS) is 11.9. The number of hydrogen-bond donors (Lipinski definition) is 5. The fourth-order valence-electron chi connectivity index (χ4n) is 4.34. The molecule has 1 atom stereocenters. The average molecular weight is 654 g/mol. The molecule has 3 aromatic heterocycles. The maximum atomic E-state index is 13.7. The van der Waals surface area contributed by atoms with E-state index in [9.17, 15) is 31.5 Å². The van der Waals surface area contributed by atoms with Gasteiger partial charge in [-0.2, -0.15) is 18.3 Å². The number of nitrogens with one attached hydrogen (secondary N) is 3. The molecule has 6 N–H and O–H groups in total. The third-order valence-corrected chi connectivity index (χ3v) is 6.40. The Morgan fingerprint density at radius 1 is 1.15 bits per heavy atom. The Kier molecular flexibility index (Phi) is 12.1. The molecule has 0 spiro atoms. The van der Waals surface area contributed by atoms with E-state index in [1.54, 1.807) is 25.1 Å². The SMILES string of the molecule is CCc1cc(Nc2nccn3c(-c4cn(CC(F)F)nc4C(F)(F)F)cnc23)ccc1C(=O)NCCCNC(=O)C(C)N.O=CO. The largest absolute Gasteiger partial charge is 0.483 e. The van der Waals surface area contributed by atoms with Crippen LogP contribution in [-0.4, -0.2) is 73.1 Å². The predicted octanol–water partition coefficient (Wildman–Crippen LogP) is 3.47. The molecular weight excluding hydrogens is 621 g/mol. The lowest BCUT2D eigenvalue weighted by molar-refractivity contribution is -0.141. The molecule has 18 heteroatoms. The highest BCUT2D eigenvalue weighted by Gasteiger charge is 2.38. The first kappa shape index (κ1) is 35.4. The van der Waals surface area contributed by atoms with Crippen molar-refractivity contribution >= 4 is 35.4 Å². The first-order valence-electron chi connectivity index (χ1n) is 13.8. The van der Waals surface area contributed by atoms with Gasteiger partial charge < -0.3 is 26.8 Å². The molecule has 248 valence electrons. The number of alkyl halides is 5. The third kappa shape index (κ3) is 8.96. The van der Waals surface area contributed by atoms with Gasteiger partial charge in [-0.15, -0.1) is 0 Å². The van der Waals surface area contributed by atoms with Crippen LogP contribution in [0, 0.1) is 0 Å². The van der Waals surface area contributed by atoms with Gasteiger partial charge in [0.25, 0.3) is 18.8 Å². The molecular formula is C28H32F5N9O4. The molecule has 0 saturated heterocycles. The summed E-state index contributed by atoms with van der Waals surface area (Å²) in [6.07, 6.45) is -1.86. The van der Waals surface area contributed by atoms with Crippen molar-refractivity contribution in [1.82, 2.24) is 34.8 Å². The van der Waals surface area contributed by atoms with Crippen LogP contribution in [0.4, 0.5) is 33.5 Å². The number of rotatable bonds is 12. The molecule has 0 radical (unpaired) electrons. The van der Waals surface area contributed by atoms with E-state index in [1.165, 1.54) is 23.0 Å². The van der Waals surface area contributed by atoms with Crippen molar-refractivity contribution in [3.05, 3.63) is 59.8 Å². The molecule has 3 heterocycles. The second-order valence-electron chi connectivity index (χ2n) is 9.76. The van der Waals surface area contributed by atoms with Gasteiger partial charge in [-0.25, -0.2) is 18.7 Å². The summed E-state index contributed by atoms with van der Waals surface area (Å²) in [6, 6.07) is 4.43. The van der Waals surface area contributed by atoms with Gasteiger partial charge in [0.2, 0.25) is 5.91 Å². The summed E-state index contributed by atoms with van der Waals surface area (Å²) in [7, 11) is 0. The third-order valence-electron chi connectivity index (χ3n) is 6.40. The van der Waals surface area contributed by atoms with Gasteiger partial charge in [-0.1, -0.05) is 6.92 Å². The zero-order valence-electron chi connectivity index (χ0n) is 24.7. The Bertz CT molecular complexity index is 1650. The summed E-state index contributed by atoms with van der Waals surface area (Å²) in [4.78, 5) is 41.2. The molecule has 0 saturated carbocycles. The van der Waals surface area contributed by atoms with E-state index in [1.807, 2.05) is 6.92 Å². The quantitative estimate of drug-likeness (QED) is 0.0869. The van der Waals surface area contributed by atoms with Crippen molar-refractivity contribution < 1.29 is 41.4 Å². The Balaban J connectivity index is 0.00000185. The summed E-state index contributed by atoms with van der Waals surface area (Å²) < 4.78 is 68.8. The van der Waals surface area contributed by atoms with Crippen LogP contribution in [-0.2, 0) is 28.7 Å². The minimum absolute atomic E-state index is 0.00772. The molecule has 0 fully saturated rings. The van der Waals surface area contributed by atoms with Crippen molar-refractivity contribution in [2.75, 3.05) is 18.4 Å². The highest BCUT2D eigenvalue weighted by atomic mass is 19.4. The number of benzene rings is 1. The average Bonchev–Trinajstić information content (AvgIpc) is 3.61. The van der Waals surface area contributed by atoms with Crippen LogP contribution in [0.1, 0.15) is 41.9 Å². The minimum atomic E-state index is -4.88. The van der Waals surface area contributed by atoms with Crippen LogP contribution in [0.15, 0.2) is 43.0 Å². The number of nitrogens with two attached hydrogens (primary N) is 1. The summed E-state index contributed by atoms with van der Waals surface area (Å²) >= 11 is 0. The van der Waals surface area contributed by atoms with Crippen LogP contribution in [0.2, 0.25) is 0 Å². The standard InChI is InChI=1S/C27H30F5N9O2.CH2O2/c1-3-16-11-17(5-6-18(16)26(43)36-8-4-7-35-25(42)15(2)33)38-23-24-37-12-20(41(24)10-9-34-23)19-13-40(14-21(28)29)39-22(19)27(30,31)32;2-1-3/h5-6,9-13,15,21H,3-4,7-8,14,33H2,1-2H3,(H,34,38)(H,35,42)(H,36,43);1H,(H,2,3). The van der Waals surface area contributed by atoms with Gasteiger partial charge in [0, 0.05) is 42.9 Å². The highest BCUT2D eigenvalue weighted by molar-refractivity contribution is 5.96. The van der Waals surface area contributed by atoms with Gasteiger partial charge in [0.05, 0.1) is 23.5 Å². The topological polar surface area (TPSA) is 182 Å². The number of aromatic nitrogens is 5. The lowest BCUT2D eigenvalue weighted by atomic mass is 10.0. The highest BCUT2D eigenvalue weighted by Crippen LogP contribution is 2.37. The number of hydrogen-bond acceptors (Lipinski definition) is 8. The molecule has 1 unspecified atom stereocenters. The van der Waals surface area contributed by atoms with Crippen molar-refractivity contribution in [1.29, 1.82) is 0 Å². The van der Waals surface area contributed by atoms with Gasteiger partial charge in [-0.3, -0.25) is 23.5 Å². The van der Waals surface area contributed by atoms with Gasteiger partial charge in [-0.05, 0) is 43.5 Å². The van der Waals surface area contributed by atoms with Crippen LogP contribution in [0.5, 0.6) is 0 Å². The number of fused-ring (bicyclic) bond motifs is 1. The van der Waals surface area contributed by atoms with Gasteiger partial charge in [0.1, 0.15) is 6.54 Å². The van der Waals surface area contributed by atoms with Crippen molar-refractivity contribution in [2.24, 2.45) is 5.73 Å². The fraction of sp³-hybridized carbons (Fsp3) is 0.357. The fourth-order valence-corrected chi connectivity index (χ4v) is 4.34. The van der Waals surface area contributed by atoms with Gasteiger partial charge >= 0.3 is 6.18 Å². The summed E-state index contributed by atoms with van der Waals surface area (Å²) in [5.41, 5.74) is 5.70. The summed E-state index contributed by atoms with van der Waals surface area (Å²) in [5, 5.41) is 18.8. The number of imidazole rings is 1. The van der Waals surface area contributed by atoms with Crippen LogP contribution >= 0.6 is 0 Å². The molecule has 0 bridgehead atoms. The predicted molar refractivity (Wildman–Crippen MR) is 157 cm³/mol. The Morgan fingerprint density at radius 3 is 2.48 bits per heavy atom. The molecule has 0 aliphatic carbocycles. The van der Waals surface area contributed by atoms with Crippen molar-refractivity contribution in [3.8, 4) is 11.3 Å². The second-order valence-corrected chi connectivity index (χ2v) is 9.76. The first-order chi connectivity index (χ1) is 21.8. The lowest BCUT2D eigenvalue weighted by Gasteiger charge is -2.13. The number of nitrogens with zero attached hydrogens (tertiary/aromatic N) is 5. The molecule has 2 amide bonds. The van der Waals surface area contributed by atoms with E-state index in [4.69, 9.17) is 15.6 Å². The number of aryl methyl sites for hydroxylation is 1. The Labute approximate surface area is 259 Å². The van der Waals surface area contributed by atoms with E-state index in [0.717, 1.165) is 11.8 Å². The Hall–Kier alpha value is -5.13. The van der Waals surface area contributed by atoms with Crippen molar-refractivity contribution in [2.45, 2.75) is 51.9 Å². The van der Waals surface area contributed by atoms with E-state index >= 15 is 0 Å². The summed E-state index contributed by atoms with van der Waals surface area (Å²) in [5.74, 6) is -0.338. The molecule has 46 heavy (non-hydrogen) atoms. The molecule has 0 aliphatic rings. The van der Waals surface area contributed by atoms with E-state index in [0.29, 0.717) is 41.9 Å². The molecule has 4 rings (SSSR count). The lowest BCUT2D eigenvalue weighted by Crippen LogP contribution is -2.39. The van der Waals surface area contributed by atoms with E-state index < -0.39 is 36.4 Å². The van der Waals surface area contributed by atoms with Crippen LogP contribution in [0.25, 0.3) is 16.9 Å². The zero-order valence-corrected chi connectivity index (χ0v) is 24.7. The van der Waals surface area contributed by atoms with E-state index in [-0.39, 0.29) is 35.4 Å². The van der Waals surface area contributed by atoms with Gasteiger partial charge in [0.15, 0.2) is 17.2 Å². The number of carbonyl (C=O) groups is 3. The number of carbonyl (C=O) groups excluding carboxylic acids is 2. The number of amides is 2. The van der Waals surface area contributed by atoms with Crippen LogP contribution < -0.4 is 21.7 Å². The van der Waals surface area contributed by atoms with Crippen LogP contribution in [0.3, 0.4) is 0 Å². The molecule has 4 aromatic rings. The first-order valence-corrected chi connectivity index (χ1v) is 13.8. The maximum Gasteiger partial charge on any atom is 0.435 e. The zero-order chi connectivity index (χ0) is 34.0. The minimum Gasteiger partial charge on any atom is -0.483 e. The maximum absolute atomic E-state index is 13.7.